The first kappa shape index (κ1) is 19.9. The average Bonchev–Trinajstić information content (AvgIpc) is 3.04. The number of aryl methyl sites for hydroxylation is 2. The van der Waals surface area contributed by atoms with Crippen molar-refractivity contribution in [2.45, 2.75) is 70.9 Å². The molecule has 1 aliphatic carbocycles. The first-order valence-corrected chi connectivity index (χ1v) is 9.74. The largest absolute Gasteiger partial charge is 0.464 e. The van der Waals surface area contributed by atoms with Gasteiger partial charge >= 0.3 is 5.97 Å². The van der Waals surface area contributed by atoms with Gasteiger partial charge in [-0.25, -0.2) is 0 Å². The topological polar surface area (TPSA) is 92.3 Å². The van der Waals surface area contributed by atoms with E-state index in [-0.39, 0.29) is 6.42 Å². The fourth-order valence-corrected chi connectivity index (χ4v) is 3.68. The fraction of sp³-hybridized carbons (Fsp3) is 0.500. The molecule has 0 spiro atoms. The third-order valence-electron chi connectivity index (χ3n) is 5.57. The Kier molecular flexibility index (Phi) is 5.73. The van der Waals surface area contributed by atoms with Crippen LogP contribution in [-0.4, -0.2) is 23.5 Å². The maximum atomic E-state index is 12.4. The Bertz CT molecular complexity index is 932. The van der Waals surface area contributed by atoms with Gasteiger partial charge in [0.1, 0.15) is 11.1 Å². The van der Waals surface area contributed by atoms with Gasteiger partial charge in [0.25, 0.3) is 5.91 Å². The van der Waals surface area contributed by atoms with Crippen molar-refractivity contribution >= 4 is 22.8 Å². The molecule has 1 heterocycles. The third kappa shape index (κ3) is 4.19. The van der Waals surface area contributed by atoms with E-state index in [1.54, 1.807) is 6.26 Å². The Morgan fingerprint density at radius 2 is 1.93 bits per heavy atom. The van der Waals surface area contributed by atoms with Crippen LogP contribution in [0.25, 0.3) is 11.0 Å². The van der Waals surface area contributed by atoms with Crippen LogP contribution in [0.1, 0.15) is 55.7 Å². The van der Waals surface area contributed by atoms with Crippen LogP contribution in [0.3, 0.4) is 0 Å². The summed E-state index contributed by atoms with van der Waals surface area (Å²) >= 11 is 0. The Hall–Kier alpha value is -2.81. The Morgan fingerprint density at radius 3 is 2.61 bits per heavy atom. The third-order valence-corrected chi connectivity index (χ3v) is 5.57. The van der Waals surface area contributed by atoms with Crippen molar-refractivity contribution in [1.82, 2.24) is 5.32 Å². The Balaban J connectivity index is 1.62. The van der Waals surface area contributed by atoms with E-state index in [1.807, 2.05) is 26.0 Å². The van der Waals surface area contributed by atoms with Crippen molar-refractivity contribution in [2.24, 2.45) is 0 Å². The van der Waals surface area contributed by atoms with Crippen LogP contribution in [0.15, 0.2) is 22.8 Å². The second-order valence-electron chi connectivity index (χ2n) is 7.75. The van der Waals surface area contributed by atoms with Gasteiger partial charge in [-0.05, 0) is 56.9 Å². The summed E-state index contributed by atoms with van der Waals surface area (Å²) in [5.41, 5.74) is 2.86. The molecular formula is C22H26N2O4. The molecule has 1 fully saturated rings. The normalized spacial score (nSPS) is 16.9. The number of esters is 1. The van der Waals surface area contributed by atoms with Gasteiger partial charge in [-0.15, -0.1) is 0 Å². The molecule has 1 aliphatic rings. The van der Waals surface area contributed by atoms with Crippen LogP contribution in [-0.2, 0) is 20.7 Å². The summed E-state index contributed by atoms with van der Waals surface area (Å²) in [6, 6.07) is 6.18. The molecule has 2 aromatic rings. The zero-order valence-electron chi connectivity index (χ0n) is 16.6. The minimum Gasteiger partial charge on any atom is -0.464 e. The number of benzene rings is 1. The summed E-state index contributed by atoms with van der Waals surface area (Å²) in [7, 11) is 0. The molecule has 1 N–H and O–H groups in total. The number of carbonyl (C=O) groups excluding carboxylic acids is 2. The molecule has 0 aliphatic heterocycles. The highest BCUT2D eigenvalue weighted by molar-refractivity contribution is 5.88. The molecule has 6 nitrogen and oxygen atoms in total. The number of rotatable bonds is 5. The first-order chi connectivity index (χ1) is 13.3. The van der Waals surface area contributed by atoms with Crippen LogP contribution in [0.5, 0.6) is 0 Å². The van der Waals surface area contributed by atoms with E-state index in [0.29, 0.717) is 12.8 Å². The number of nitrogens with zero attached hydrogens (tertiary/aromatic N) is 1. The van der Waals surface area contributed by atoms with E-state index in [4.69, 9.17) is 9.15 Å². The van der Waals surface area contributed by atoms with Gasteiger partial charge in [0.2, 0.25) is 0 Å². The second-order valence-corrected chi connectivity index (χ2v) is 7.75. The minimum absolute atomic E-state index is 0.0243. The first-order valence-electron chi connectivity index (χ1n) is 9.74. The zero-order chi connectivity index (χ0) is 20.3. The average molecular weight is 382 g/mol. The maximum Gasteiger partial charge on any atom is 0.311 e. The van der Waals surface area contributed by atoms with E-state index in [2.05, 4.69) is 11.4 Å². The van der Waals surface area contributed by atoms with E-state index in [1.165, 1.54) is 6.92 Å². The highest BCUT2D eigenvalue weighted by atomic mass is 16.5. The van der Waals surface area contributed by atoms with E-state index >= 15 is 0 Å². The summed E-state index contributed by atoms with van der Waals surface area (Å²) in [5.74, 6) is -0.932. The molecule has 6 heteroatoms. The SMILES string of the molecule is Cc1cc2occ(CC(=O)O[C@@H](C)C(=O)NC3(C#N)CCCCC3)c2cc1C. The molecule has 0 unspecified atom stereocenters. The molecule has 1 aromatic carbocycles. The Morgan fingerprint density at radius 1 is 1.25 bits per heavy atom. The lowest BCUT2D eigenvalue weighted by molar-refractivity contribution is -0.154. The summed E-state index contributed by atoms with van der Waals surface area (Å²) in [4.78, 5) is 24.8. The predicted molar refractivity (Wildman–Crippen MR) is 105 cm³/mol. The summed E-state index contributed by atoms with van der Waals surface area (Å²) in [5, 5.41) is 13.2. The van der Waals surface area contributed by atoms with Crippen LogP contribution in [0, 0.1) is 25.2 Å². The number of nitrogens with one attached hydrogen (secondary N) is 1. The van der Waals surface area contributed by atoms with E-state index < -0.39 is 23.5 Å². The number of hydrogen-bond acceptors (Lipinski definition) is 5. The fourth-order valence-electron chi connectivity index (χ4n) is 3.68. The van der Waals surface area contributed by atoms with Gasteiger partial charge in [0, 0.05) is 10.9 Å². The van der Waals surface area contributed by atoms with Crippen molar-refractivity contribution in [1.29, 1.82) is 5.26 Å². The lowest BCUT2D eigenvalue weighted by atomic mass is 9.83. The summed E-state index contributed by atoms with van der Waals surface area (Å²) < 4.78 is 10.9. The highest BCUT2D eigenvalue weighted by Crippen LogP contribution is 2.28. The molecule has 1 aromatic heterocycles. The number of nitriles is 1. The molecule has 1 amide bonds. The van der Waals surface area contributed by atoms with Gasteiger partial charge in [0.15, 0.2) is 6.10 Å². The van der Waals surface area contributed by atoms with Gasteiger partial charge in [-0.3, -0.25) is 9.59 Å². The molecule has 1 atom stereocenters. The molecule has 0 radical (unpaired) electrons. The van der Waals surface area contributed by atoms with Gasteiger partial charge in [0.05, 0.1) is 18.8 Å². The molecule has 0 bridgehead atoms. The number of carbonyl (C=O) groups is 2. The molecule has 0 saturated heterocycles. The van der Waals surface area contributed by atoms with E-state index in [0.717, 1.165) is 46.9 Å². The van der Waals surface area contributed by atoms with Crippen molar-refractivity contribution < 1.29 is 18.7 Å². The maximum absolute atomic E-state index is 12.4. The summed E-state index contributed by atoms with van der Waals surface area (Å²) in [6.07, 6.45) is 4.79. The zero-order valence-corrected chi connectivity index (χ0v) is 16.6. The highest BCUT2D eigenvalue weighted by Gasteiger charge is 2.35. The standard InChI is InChI=1S/C22H26N2O4/c1-14-9-18-17(12-27-19(18)10-15(14)2)11-20(25)28-16(3)21(26)24-22(13-23)7-5-4-6-8-22/h9-10,12,16H,4-8,11H2,1-3H3,(H,24,26)/t16-/m0/s1. The molecule has 28 heavy (non-hydrogen) atoms. The lowest BCUT2D eigenvalue weighted by Crippen LogP contribution is -2.52. The molecular weight excluding hydrogens is 356 g/mol. The predicted octanol–water partition coefficient (Wildman–Crippen LogP) is 3.87. The number of fused-ring (bicyclic) bond motifs is 1. The Labute approximate surface area is 164 Å². The van der Waals surface area contributed by atoms with Crippen LogP contribution >= 0.6 is 0 Å². The minimum atomic E-state index is -0.957. The van der Waals surface area contributed by atoms with Gasteiger partial charge in [-0.1, -0.05) is 19.3 Å². The number of hydrogen-bond donors (Lipinski definition) is 1. The van der Waals surface area contributed by atoms with Gasteiger partial charge in [-0.2, -0.15) is 5.26 Å². The second kappa shape index (κ2) is 8.05. The van der Waals surface area contributed by atoms with Crippen LogP contribution < -0.4 is 5.32 Å². The monoisotopic (exact) mass is 382 g/mol. The van der Waals surface area contributed by atoms with Crippen molar-refractivity contribution in [2.75, 3.05) is 0 Å². The van der Waals surface area contributed by atoms with Crippen molar-refractivity contribution in [3.05, 3.63) is 35.1 Å². The summed E-state index contributed by atoms with van der Waals surface area (Å²) in [6.45, 7) is 5.54. The smallest absolute Gasteiger partial charge is 0.311 e. The molecule has 148 valence electrons. The van der Waals surface area contributed by atoms with Crippen LogP contribution in [0.4, 0.5) is 0 Å². The van der Waals surface area contributed by atoms with E-state index in [9.17, 15) is 14.9 Å². The number of ether oxygens (including phenoxy) is 1. The number of amides is 1. The van der Waals surface area contributed by atoms with Crippen molar-refractivity contribution in [3.8, 4) is 6.07 Å². The number of furan rings is 1. The van der Waals surface area contributed by atoms with Crippen LogP contribution in [0.2, 0.25) is 0 Å². The van der Waals surface area contributed by atoms with Gasteiger partial charge < -0.3 is 14.5 Å². The van der Waals surface area contributed by atoms with Crippen molar-refractivity contribution in [3.63, 3.8) is 0 Å². The quantitative estimate of drug-likeness (QED) is 0.793. The lowest BCUT2D eigenvalue weighted by Gasteiger charge is -2.32. The molecule has 1 saturated carbocycles. The molecule has 3 rings (SSSR count).